The molecular weight excluding hydrogens is 314 g/mol. The number of aromatic amines is 1. The minimum absolute atomic E-state index is 0.157. The van der Waals surface area contributed by atoms with Gasteiger partial charge in [-0.15, -0.1) is 0 Å². The van der Waals surface area contributed by atoms with Crippen molar-refractivity contribution in [2.24, 2.45) is 0 Å². The van der Waals surface area contributed by atoms with Crippen LogP contribution < -0.4 is 5.32 Å². The molecule has 1 atom stereocenters. The van der Waals surface area contributed by atoms with Gasteiger partial charge < -0.3 is 5.32 Å². The highest BCUT2D eigenvalue weighted by Gasteiger charge is 2.17. The number of rotatable bonds is 3. The summed E-state index contributed by atoms with van der Waals surface area (Å²) in [5.41, 5.74) is 0.372. The Morgan fingerprint density at radius 2 is 2.29 bits per heavy atom. The molecule has 1 unspecified atom stereocenters. The van der Waals surface area contributed by atoms with Crippen molar-refractivity contribution in [3.63, 3.8) is 0 Å². The molecule has 1 heterocycles. The van der Waals surface area contributed by atoms with E-state index in [1.807, 2.05) is 13.8 Å². The number of halogens is 2. The fourth-order valence-corrected chi connectivity index (χ4v) is 1.49. The van der Waals surface area contributed by atoms with Crippen LogP contribution in [0.2, 0.25) is 0 Å². The molecule has 0 aliphatic rings. The zero-order valence-corrected chi connectivity index (χ0v) is 11.1. The van der Waals surface area contributed by atoms with Crippen molar-refractivity contribution in [1.29, 1.82) is 0 Å². The normalized spacial score (nSPS) is 12.6. The average Bonchev–Trinajstić information content (AvgIpc) is 2.47. The van der Waals surface area contributed by atoms with Crippen molar-refractivity contribution >= 4 is 37.8 Å². The first-order valence-electron chi connectivity index (χ1n) is 4.26. The highest BCUT2D eigenvalue weighted by Crippen LogP contribution is 2.23. The van der Waals surface area contributed by atoms with Gasteiger partial charge in [-0.25, -0.2) is 0 Å². The second-order valence-electron chi connectivity index (χ2n) is 2.98. The molecule has 1 amide bonds. The van der Waals surface area contributed by atoms with E-state index in [1.54, 1.807) is 0 Å². The number of nitrogens with zero attached hydrogens (tertiary/aromatic N) is 1. The summed E-state index contributed by atoms with van der Waals surface area (Å²) in [6, 6.07) is 0.157. The van der Waals surface area contributed by atoms with E-state index in [1.165, 1.54) is 0 Å². The van der Waals surface area contributed by atoms with Crippen LogP contribution in [0.5, 0.6) is 0 Å². The van der Waals surface area contributed by atoms with Gasteiger partial charge in [-0.1, -0.05) is 6.92 Å². The predicted octanol–water partition coefficient (Wildman–Crippen LogP) is 2.46. The van der Waals surface area contributed by atoms with E-state index < -0.39 is 0 Å². The average molecular weight is 325 g/mol. The second kappa shape index (κ2) is 4.93. The van der Waals surface area contributed by atoms with Crippen molar-refractivity contribution < 1.29 is 4.79 Å². The molecule has 1 rings (SSSR count). The fraction of sp³-hybridized carbons (Fsp3) is 0.500. The molecule has 0 radical (unpaired) electrons. The summed E-state index contributed by atoms with van der Waals surface area (Å²) < 4.78 is 1.32. The largest absolute Gasteiger partial charge is 0.348 e. The minimum atomic E-state index is -0.173. The predicted molar refractivity (Wildman–Crippen MR) is 61.2 cm³/mol. The molecule has 0 aliphatic heterocycles. The van der Waals surface area contributed by atoms with Gasteiger partial charge in [0.25, 0.3) is 5.91 Å². The molecule has 0 fully saturated rings. The quantitative estimate of drug-likeness (QED) is 0.897. The molecule has 0 aromatic carbocycles. The Kier molecular flexibility index (Phi) is 4.12. The van der Waals surface area contributed by atoms with E-state index in [0.29, 0.717) is 14.8 Å². The Labute approximate surface area is 99.1 Å². The van der Waals surface area contributed by atoms with Crippen LogP contribution in [0.15, 0.2) is 9.08 Å². The van der Waals surface area contributed by atoms with Gasteiger partial charge in [0.2, 0.25) is 0 Å². The lowest BCUT2D eigenvalue weighted by molar-refractivity contribution is 0.0933. The monoisotopic (exact) mass is 323 g/mol. The second-order valence-corrected chi connectivity index (χ2v) is 4.57. The maximum Gasteiger partial charge on any atom is 0.273 e. The van der Waals surface area contributed by atoms with Crippen molar-refractivity contribution in [1.82, 2.24) is 15.5 Å². The van der Waals surface area contributed by atoms with E-state index in [2.05, 4.69) is 47.4 Å². The van der Waals surface area contributed by atoms with Crippen molar-refractivity contribution in [3.8, 4) is 0 Å². The van der Waals surface area contributed by atoms with Gasteiger partial charge in [-0.2, -0.15) is 5.10 Å². The lowest BCUT2D eigenvalue weighted by atomic mass is 10.2. The first kappa shape index (κ1) is 11.7. The minimum Gasteiger partial charge on any atom is -0.348 e. The van der Waals surface area contributed by atoms with Gasteiger partial charge in [-0.05, 0) is 45.2 Å². The molecule has 1 aromatic heterocycles. The molecule has 0 spiro atoms. The summed E-state index contributed by atoms with van der Waals surface area (Å²) in [7, 11) is 0. The third-order valence-corrected chi connectivity index (χ3v) is 3.75. The number of carbonyl (C=O) groups excluding carboxylic acids is 1. The molecule has 4 nitrogen and oxygen atoms in total. The summed E-state index contributed by atoms with van der Waals surface area (Å²) in [5, 5.41) is 9.37. The van der Waals surface area contributed by atoms with Gasteiger partial charge in [0.1, 0.15) is 4.60 Å². The molecule has 14 heavy (non-hydrogen) atoms. The number of hydrogen-bond donors (Lipinski definition) is 2. The summed E-state index contributed by atoms with van der Waals surface area (Å²) in [6.45, 7) is 3.97. The Morgan fingerprint density at radius 3 is 2.71 bits per heavy atom. The Morgan fingerprint density at radius 1 is 1.64 bits per heavy atom. The van der Waals surface area contributed by atoms with Crippen LogP contribution in [0.1, 0.15) is 30.8 Å². The third-order valence-electron chi connectivity index (χ3n) is 1.87. The van der Waals surface area contributed by atoms with Gasteiger partial charge in [-0.3, -0.25) is 9.89 Å². The smallest absolute Gasteiger partial charge is 0.273 e. The SMILES string of the molecule is CCC(C)NC(=O)c1n[nH]c(Br)c1Br. The zero-order chi connectivity index (χ0) is 10.7. The molecule has 0 aliphatic carbocycles. The third kappa shape index (κ3) is 2.57. The standard InChI is InChI=1S/C8H11Br2N3O/c1-3-4(2)11-8(14)6-5(9)7(10)13-12-6/h4H,3H2,1-2H3,(H,11,14)(H,12,13). The number of carbonyl (C=O) groups is 1. The summed E-state index contributed by atoms with van der Waals surface area (Å²) >= 11 is 6.48. The number of H-pyrrole nitrogens is 1. The van der Waals surface area contributed by atoms with Crippen LogP contribution in [0.4, 0.5) is 0 Å². The maximum absolute atomic E-state index is 11.6. The molecule has 2 N–H and O–H groups in total. The van der Waals surface area contributed by atoms with E-state index in [9.17, 15) is 4.79 Å². The van der Waals surface area contributed by atoms with Crippen LogP contribution in [0.3, 0.4) is 0 Å². The summed E-state index contributed by atoms with van der Waals surface area (Å²) in [4.78, 5) is 11.6. The number of amides is 1. The van der Waals surface area contributed by atoms with Crippen LogP contribution in [-0.4, -0.2) is 22.1 Å². The van der Waals surface area contributed by atoms with Crippen molar-refractivity contribution in [3.05, 3.63) is 14.8 Å². The topological polar surface area (TPSA) is 57.8 Å². The zero-order valence-electron chi connectivity index (χ0n) is 7.90. The highest BCUT2D eigenvalue weighted by atomic mass is 79.9. The lowest BCUT2D eigenvalue weighted by Gasteiger charge is -2.09. The Bertz CT molecular complexity index is 337. The summed E-state index contributed by atoms with van der Waals surface area (Å²) in [6.07, 6.45) is 0.898. The Hall–Kier alpha value is -0.360. The van der Waals surface area contributed by atoms with Crippen LogP contribution in [0, 0.1) is 0 Å². The van der Waals surface area contributed by atoms with Crippen LogP contribution >= 0.6 is 31.9 Å². The molecule has 0 saturated heterocycles. The van der Waals surface area contributed by atoms with E-state index in [-0.39, 0.29) is 11.9 Å². The van der Waals surface area contributed by atoms with E-state index >= 15 is 0 Å². The maximum atomic E-state index is 11.6. The summed E-state index contributed by atoms with van der Waals surface area (Å²) in [5.74, 6) is -0.173. The van der Waals surface area contributed by atoms with Gasteiger partial charge in [0.05, 0.1) is 4.47 Å². The first-order chi connectivity index (χ1) is 6.56. The number of nitrogens with one attached hydrogen (secondary N) is 2. The van der Waals surface area contributed by atoms with Crippen LogP contribution in [-0.2, 0) is 0 Å². The van der Waals surface area contributed by atoms with E-state index in [4.69, 9.17) is 0 Å². The van der Waals surface area contributed by atoms with Gasteiger partial charge >= 0.3 is 0 Å². The highest BCUT2D eigenvalue weighted by molar-refractivity contribution is 9.13. The molecule has 78 valence electrons. The molecule has 6 heteroatoms. The van der Waals surface area contributed by atoms with E-state index in [0.717, 1.165) is 6.42 Å². The number of aromatic nitrogens is 2. The van der Waals surface area contributed by atoms with Crippen molar-refractivity contribution in [2.75, 3.05) is 0 Å². The lowest BCUT2D eigenvalue weighted by Crippen LogP contribution is -2.32. The number of hydrogen-bond acceptors (Lipinski definition) is 2. The molecule has 0 bridgehead atoms. The molecule has 0 saturated carbocycles. The fourth-order valence-electron chi connectivity index (χ4n) is 0.852. The van der Waals surface area contributed by atoms with Gasteiger partial charge in [0, 0.05) is 6.04 Å². The molecule has 1 aromatic rings. The first-order valence-corrected chi connectivity index (χ1v) is 5.85. The Balaban J connectivity index is 2.75. The van der Waals surface area contributed by atoms with Gasteiger partial charge in [0.15, 0.2) is 5.69 Å². The van der Waals surface area contributed by atoms with Crippen molar-refractivity contribution in [2.45, 2.75) is 26.3 Å². The van der Waals surface area contributed by atoms with Crippen LogP contribution in [0.25, 0.3) is 0 Å². The molecular formula is C8H11Br2N3O.